The van der Waals surface area contributed by atoms with Gasteiger partial charge in [-0.2, -0.15) is 5.10 Å². The Bertz CT molecular complexity index is 1560. The zero-order valence-electron chi connectivity index (χ0n) is 18.5. The van der Waals surface area contributed by atoms with Gasteiger partial charge in [-0.3, -0.25) is 14.3 Å². The van der Waals surface area contributed by atoms with Crippen molar-refractivity contribution in [1.82, 2.24) is 29.1 Å². The molecular formula is C24H22N8O2. The molecule has 0 spiro atoms. The summed E-state index contributed by atoms with van der Waals surface area (Å²) in [6, 6.07) is 12.3. The summed E-state index contributed by atoms with van der Waals surface area (Å²) in [5, 5.41) is 18.0. The highest BCUT2D eigenvalue weighted by atomic mass is 16.3. The van der Waals surface area contributed by atoms with Crippen LogP contribution in [0.4, 0.5) is 11.6 Å². The average Bonchev–Trinajstić information content (AvgIpc) is 3.20. The number of pyridine rings is 1. The van der Waals surface area contributed by atoms with Crippen molar-refractivity contribution in [2.45, 2.75) is 19.9 Å². The van der Waals surface area contributed by atoms with Crippen molar-refractivity contribution in [3.8, 4) is 22.6 Å². The zero-order chi connectivity index (χ0) is 23.8. The van der Waals surface area contributed by atoms with Gasteiger partial charge in [0.15, 0.2) is 5.82 Å². The number of benzene rings is 1. The van der Waals surface area contributed by atoms with Crippen LogP contribution in [0.3, 0.4) is 0 Å². The van der Waals surface area contributed by atoms with Crippen LogP contribution in [0.25, 0.3) is 22.3 Å². The number of aromatic nitrogens is 6. The highest BCUT2D eigenvalue weighted by Crippen LogP contribution is 2.33. The maximum atomic E-state index is 13.6. The van der Waals surface area contributed by atoms with E-state index >= 15 is 0 Å². The van der Waals surface area contributed by atoms with Crippen LogP contribution < -0.4 is 16.6 Å². The second kappa shape index (κ2) is 8.32. The van der Waals surface area contributed by atoms with Crippen LogP contribution in [0.1, 0.15) is 24.4 Å². The van der Waals surface area contributed by atoms with Gasteiger partial charge in [0.2, 0.25) is 0 Å². The molecule has 10 heteroatoms. The molecule has 4 N–H and O–H groups in total. The van der Waals surface area contributed by atoms with E-state index in [1.807, 2.05) is 50.2 Å². The average molecular weight is 454 g/mol. The molecule has 5 rings (SSSR count). The van der Waals surface area contributed by atoms with Crippen molar-refractivity contribution in [2.24, 2.45) is 0 Å². The molecule has 1 unspecified atom stereocenters. The van der Waals surface area contributed by atoms with Gasteiger partial charge in [-0.05, 0) is 43.7 Å². The number of hydrogen-bond acceptors (Lipinski definition) is 8. The number of fused-ring (bicyclic) bond motifs is 1. The minimum atomic E-state index is -0.460. The molecule has 1 aromatic carbocycles. The third kappa shape index (κ3) is 3.60. The number of nitrogens with one attached hydrogen (secondary N) is 1. The summed E-state index contributed by atoms with van der Waals surface area (Å²) in [5.74, 6) is 1.12. The molecule has 0 aliphatic heterocycles. The summed E-state index contributed by atoms with van der Waals surface area (Å²) in [6.45, 7) is 3.76. The molecule has 5 aromatic rings. The molecule has 170 valence electrons. The molecule has 4 aromatic heterocycles. The molecule has 0 bridgehead atoms. The fourth-order valence-electron chi connectivity index (χ4n) is 3.97. The van der Waals surface area contributed by atoms with Gasteiger partial charge in [0, 0.05) is 18.0 Å². The van der Waals surface area contributed by atoms with Crippen LogP contribution >= 0.6 is 0 Å². The molecule has 0 saturated heterocycles. The van der Waals surface area contributed by atoms with Gasteiger partial charge in [0.1, 0.15) is 29.2 Å². The smallest absolute Gasteiger partial charge is 0.282 e. The topological polar surface area (TPSA) is 136 Å². The molecule has 0 aliphatic carbocycles. The summed E-state index contributed by atoms with van der Waals surface area (Å²) in [7, 11) is 0. The summed E-state index contributed by atoms with van der Waals surface area (Å²) in [6.07, 6.45) is 6.01. The van der Waals surface area contributed by atoms with E-state index in [1.54, 1.807) is 21.5 Å². The van der Waals surface area contributed by atoms with E-state index in [0.29, 0.717) is 34.0 Å². The van der Waals surface area contributed by atoms with Crippen LogP contribution in [0.5, 0.6) is 5.75 Å². The van der Waals surface area contributed by atoms with E-state index in [9.17, 15) is 9.90 Å². The lowest BCUT2D eigenvalue weighted by Crippen LogP contribution is -2.29. The van der Waals surface area contributed by atoms with Gasteiger partial charge in [-0.15, -0.1) is 0 Å². The normalized spacial score (nSPS) is 12.1. The maximum Gasteiger partial charge on any atom is 0.282 e. The van der Waals surface area contributed by atoms with Crippen LogP contribution in [-0.4, -0.2) is 34.2 Å². The summed E-state index contributed by atoms with van der Waals surface area (Å²) < 4.78 is 3.19. The molecule has 34 heavy (non-hydrogen) atoms. The first-order valence-corrected chi connectivity index (χ1v) is 10.6. The van der Waals surface area contributed by atoms with Crippen LogP contribution in [0, 0.1) is 6.92 Å². The second-order valence-corrected chi connectivity index (χ2v) is 7.91. The monoisotopic (exact) mass is 454 g/mol. The molecule has 0 radical (unpaired) electrons. The minimum absolute atomic E-state index is 0.00670. The Labute approximate surface area is 194 Å². The van der Waals surface area contributed by atoms with Gasteiger partial charge in [-0.1, -0.05) is 18.2 Å². The van der Waals surface area contributed by atoms with Crippen LogP contribution in [0.2, 0.25) is 0 Å². The number of anilines is 2. The minimum Gasteiger partial charge on any atom is -0.506 e. The SMILES string of the molecule is Cc1ccn2nc(C(C)Nc3ncnc(N)c3-c3cncc(O)c3)n(-c3ccccc3)c(=O)c12. The van der Waals surface area contributed by atoms with Crippen molar-refractivity contribution in [3.63, 3.8) is 0 Å². The first-order chi connectivity index (χ1) is 16.4. The molecule has 1 atom stereocenters. The van der Waals surface area contributed by atoms with Crippen LogP contribution in [0.15, 0.2) is 72.2 Å². The number of aromatic hydroxyl groups is 1. The van der Waals surface area contributed by atoms with Crippen molar-refractivity contribution in [2.75, 3.05) is 11.1 Å². The fourth-order valence-corrected chi connectivity index (χ4v) is 3.97. The Morgan fingerprint density at radius 3 is 2.68 bits per heavy atom. The van der Waals surface area contributed by atoms with E-state index < -0.39 is 6.04 Å². The Balaban J connectivity index is 1.66. The van der Waals surface area contributed by atoms with E-state index in [4.69, 9.17) is 10.8 Å². The third-order valence-electron chi connectivity index (χ3n) is 5.56. The van der Waals surface area contributed by atoms with Crippen LogP contribution in [-0.2, 0) is 0 Å². The predicted molar refractivity (Wildman–Crippen MR) is 129 cm³/mol. The van der Waals surface area contributed by atoms with Gasteiger partial charge in [0.25, 0.3) is 5.56 Å². The highest BCUT2D eigenvalue weighted by Gasteiger charge is 2.22. The quantitative estimate of drug-likeness (QED) is 0.368. The van der Waals surface area contributed by atoms with Crippen molar-refractivity contribution < 1.29 is 5.11 Å². The standard InChI is InChI=1S/C24H22N8O2/c1-14-8-9-31-20(14)24(34)32(17-6-4-3-5-7-17)23(30-31)15(2)29-22-19(21(25)27-13-28-22)16-10-18(33)12-26-11-16/h3-13,15,33H,1-2H3,(H3,25,27,28,29). The van der Waals surface area contributed by atoms with Gasteiger partial charge in [0.05, 0.1) is 23.5 Å². The number of nitrogens with two attached hydrogens (primary N) is 1. The lowest BCUT2D eigenvalue weighted by atomic mass is 10.1. The number of nitrogen functional groups attached to an aromatic ring is 1. The largest absolute Gasteiger partial charge is 0.506 e. The van der Waals surface area contributed by atoms with Crippen molar-refractivity contribution >= 4 is 17.2 Å². The number of aryl methyl sites for hydroxylation is 1. The van der Waals surface area contributed by atoms with E-state index in [1.165, 1.54) is 18.6 Å². The highest BCUT2D eigenvalue weighted by molar-refractivity contribution is 5.83. The second-order valence-electron chi connectivity index (χ2n) is 7.91. The number of nitrogens with zero attached hydrogens (tertiary/aromatic N) is 6. The molecular weight excluding hydrogens is 432 g/mol. The van der Waals surface area contributed by atoms with Gasteiger partial charge < -0.3 is 16.2 Å². The molecule has 10 nitrogen and oxygen atoms in total. The Morgan fingerprint density at radius 1 is 1.12 bits per heavy atom. The Kier molecular flexibility index (Phi) is 5.17. The number of para-hydroxylation sites is 1. The van der Waals surface area contributed by atoms with E-state index in [0.717, 1.165) is 5.56 Å². The summed E-state index contributed by atoms with van der Waals surface area (Å²) in [4.78, 5) is 26.1. The van der Waals surface area contributed by atoms with E-state index in [-0.39, 0.29) is 17.1 Å². The maximum absolute atomic E-state index is 13.6. The lowest BCUT2D eigenvalue weighted by molar-refractivity contribution is 0.473. The Morgan fingerprint density at radius 2 is 1.91 bits per heavy atom. The van der Waals surface area contributed by atoms with Gasteiger partial charge >= 0.3 is 0 Å². The number of rotatable bonds is 5. The molecule has 0 fully saturated rings. The Hall–Kier alpha value is -4.73. The lowest BCUT2D eigenvalue weighted by Gasteiger charge is -2.21. The van der Waals surface area contributed by atoms with E-state index in [2.05, 4.69) is 20.3 Å². The third-order valence-corrected chi connectivity index (χ3v) is 5.56. The molecule has 0 amide bonds. The first kappa shape index (κ1) is 21.1. The first-order valence-electron chi connectivity index (χ1n) is 10.6. The molecule has 0 aliphatic rings. The fraction of sp³-hybridized carbons (Fsp3) is 0.125. The molecule has 4 heterocycles. The van der Waals surface area contributed by atoms with Crippen molar-refractivity contribution in [1.29, 1.82) is 0 Å². The zero-order valence-corrected chi connectivity index (χ0v) is 18.5. The van der Waals surface area contributed by atoms with Gasteiger partial charge in [-0.25, -0.2) is 14.5 Å². The number of hydrogen-bond donors (Lipinski definition) is 3. The predicted octanol–water partition coefficient (Wildman–Crippen LogP) is 3.11. The summed E-state index contributed by atoms with van der Waals surface area (Å²) >= 11 is 0. The van der Waals surface area contributed by atoms with Crippen molar-refractivity contribution in [3.05, 3.63) is 89.1 Å². The molecule has 0 saturated carbocycles. The summed E-state index contributed by atoms with van der Waals surface area (Å²) in [5.41, 5.74) is 9.09.